The zero-order valence-electron chi connectivity index (χ0n) is 31.6. The van der Waals surface area contributed by atoms with Crippen LogP contribution in [0.4, 0.5) is 17.6 Å². The van der Waals surface area contributed by atoms with E-state index in [0.717, 1.165) is 4.90 Å². The highest BCUT2D eigenvalue weighted by atomic mass is 32.2. The largest absolute Gasteiger partial charge is 0.472 e. The number of alkyl halides is 3. The van der Waals surface area contributed by atoms with Gasteiger partial charge in [0, 0.05) is 23.1 Å². The lowest BCUT2D eigenvalue weighted by molar-refractivity contribution is -0.205. The standard InChI is InChI=1S/C39H45F4N5O8S/c1-4-37(2,3)57(54,55)47-36(53)38-20-22(38)12-8-6-5-7-9-15-29(44-33(51)31(49)39(41,42)43)35(52)48-21-24(19-30(48)32(50)46-38)56-34-27-18-23(40)16-17-25(27)26-13-10-11-14-28(26)45-34/h8,10-14,16-18,22,24,29-31,49H,4-7,9,15,19-21H2,1-3H3,(H,44,51)(H,46,50)(H,47,53)/b12-8-/t22-,24-,29+,30+,31+,38-/m1/s1. The van der Waals surface area contributed by atoms with Gasteiger partial charge in [0.05, 0.1) is 16.8 Å². The van der Waals surface area contributed by atoms with Crippen molar-refractivity contribution in [3.63, 3.8) is 0 Å². The number of aromatic nitrogens is 1. The molecule has 308 valence electrons. The molecule has 3 heterocycles. The minimum Gasteiger partial charge on any atom is -0.472 e. The number of hydrogen-bond acceptors (Lipinski definition) is 9. The molecule has 0 radical (unpaired) electrons. The summed E-state index contributed by atoms with van der Waals surface area (Å²) >= 11 is 0. The molecule has 2 aliphatic heterocycles. The third-order valence-electron chi connectivity index (χ3n) is 11.2. The number of pyridine rings is 1. The Morgan fingerprint density at radius 3 is 2.54 bits per heavy atom. The van der Waals surface area contributed by atoms with Gasteiger partial charge in [0.1, 0.15) is 29.5 Å². The fourth-order valence-electron chi connectivity index (χ4n) is 7.25. The third-order valence-corrected chi connectivity index (χ3v) is 13.4. The lowest BCUT2D eigenvalue weighted by atomic mass is 10.0. The number of allylic oxidation sites excluding steroid dienone is 1. The lowest BCUT2D eigenvalue weighted by Gasteiger charge is -2.30. The van der Waals surface area contributed by atoms with E-state index in [1.807, 2.05) is 5.32 Å². The molecule has 18 heteroatoms. The minimum atomic E-state index is -5.32. The van der Waals surface area contributed by atoms with Gasteiger partial charge in [-0.3, -0.25) is 23.9 Å². The van der Waals surface area contributed by atoms with Crippen LogP contribution in [0.2, 0.25) is 0 Å². The lowest BCUT2D eigenvalue weighted by Crippen LogP contribution is -2.59. The first-order valence-corrected chi connectivity index (χ1v) is 20.3. The summed E-state index contributed by atoms with van der Waals surface area (Å²) in [5.41, 5.74) is -1.22. The molecule has 4 N–H and O–H groups in total. The summed E-state index contributed by atoms with van der Waals surface area (Å²) < 4.78 is 88.3. The Kier molecular flexibility index (Phi) is 11.6. The van der Waals surface area contributed by atoms with Crippen LogP contribution in [0.3, 0.4) is 0 Å². The molecule has 1 aromatic heterocycles. The van der Waals surface area contributed by atoms with E-state index in [1.54, 1.807) is 49.4 Å². The molecule has 3 aliphatic rings. The molecular weight excluding hydrogens is 775 g/mol. The highest BCUT2D eigenvalue weighted by Crippen LogP contribution is 2.46. The monoisotopic (exact) mass is 819 g/mol. The van der Waals surface area contributed by atoms with Crippen LogP contribution in [-0.4, -0.2) is 94.3 Å². The van der Waals surface area contributed by atoms with Crippen molar-refractivity contribution in [3.8, 4) is 5.88 Å². The van der Waals surface area contributed by atoms with E-state index in [1.165, 1.54) is 26.0 Å². The molecule has 1 aliphatic carbocycles. The number of carbonyl (C=O) groups is 4. The predicted octanol–water partition coefficient (Wildman–Crippen LogP) is 4.31. The van der Waals surface area contributed by atoms with Gasteiger partial charge in [-0.25, -0.2) is 17.8 Å². The topological polar surface area (TPSA) is 184 Å². The van der Waals surface area contributed by atoms with E-state index in [4.69, 9.17) is 4.74 Å². The smallest absolute Gasteiger partial charge is 0.423 e. The van der Waals surface area contributed by atoms with E-state index >= 15 is 0 Å². The van der Waals surface area contributed by atoms with E-state index in [2.05, 4.69) is 15.0 Å². The van der Waals surface area contributed by atoms with Crippen LogP contribution in [-0.2, 0) is 29.2 Å². The fourth-order valence-corrected chi connectivity index (χ4v) is 8.33. The third kappa shape index (κ3) is 8.56. The second-order valence-corrected chi connectivity index (χ2v) is 17.8. The average molecular weight is 820 g/mol. The summed E-state index contributed by atoms with van der Waals surface area (Å²) in [6.07, 6.45) is -4.61. The van der Waals surface area contributed by atoms with Crippen molar-refractivity contribution in [2.45, 2.75) is 113 Å². The maximum absolute atomic E-state index is 14.6. The SMILES string of the molecule is CCC(C)(C)S(=O)(=O)NC(=O)[C@@]12C[C@H]1/C=C\CCCCC[C@H](NC(=O)[C@H](O)C(F)(F)F)C(=O)N1C[C@H](Oc3nc4ccccc4c4ccc(F)cc34)C[C@H]1C(=O)N2. The van der Waals surface area contributed by atoms with Crippen LogP contribution >= 0.6 is 0 Å². The van der Waals surface area contributed by atoms with Gasteiger partial charge in [0.2, 0.25) is 33.8 Å². The van der Waals surface area contributed by atoms with Crippen LogP contribution in [0, 0.1) is 11.7 Å². The van der Waals surface area contributed by atoms with Gasteiger partial charge < -0.3 is 25.4 Å². The molecule has 1 saturated heterocycles. The summed E-state index contributed by atoms with van der Waals surface area (Å²) in [7, 11) is -4.23. The quantitative estimate of drug-likeness (QED) is 0.146. The summed E-state index contributed by atoms with van der Waals surface area (Å²) in [4.78, 5) is 60.9. The van der Waals surface area contributed by atoms with Crippen LogP contribution in [0.15, 0.2) is 54.6 Å². The molecule has 6 atom stereocenters. The average Bonchev–Trinajstić information content (AvgIpc) is 3.69. The van der Waals surface area contributed by atoms with Crippen molar-refractivity contribution in [1.82, 2.24) is 25.2 Å². The first-order valence-electron chi connectivity index (χ1n) is 18.8. The number of nitrogens with zero attached hydrogens (tertiary/aromatic N) is 2. The van der Waals surface area contributed by atoms with Gasteiger partial charge in [-0.15, -0.1) is 0 Å². The van der Waals surface area contributed by atoms with Crippen molar-refractivity contribution >= 4 is 55.3 Å². The first-order chi connectivity index (χ1) is 26.8. The van der Waals surface area contributed by atoms with Gasteiger partial charge in [-0.1, -0.05) is 56.2 Å². The molecule has 0 unspecified atom stereocenters. The Balaban J connectivity index is 1.37. The number of nitrogens with one attached hydrogen (secondary N) is 3. The number of halogens is 4. The molecular formula is C39H45F4N5O8S. The molecule has 6 rings (SSSR count). The van der Waals surface area contributed by atoms with E-state index < -0.39 is 86.1 Å². The minimum absolute atomic E-state index is 0.0195. The first kappa shape index (κ1) is 41.8. The second-order valence-electron chi connectivity index (χ2n) is 15.5. The zero-order chi connectivity index (χ0) is 41.5. The molecule has 2 aromatic carbocycles. The number of rotatable bonds is 8. The maximum atomic E-state index is 14.6. The number of amides is 4. The van der Waals surface area contributed by atoms with Gasteiger partial charge in [0.25, 0.3) is 11.8 Å². The van der Waals surface area contributed by atoms with Crippen molar-refractivity contribution in [1.29, 1.82) is 0 Å². The summed E-state index contributed by atoms with van der Waals surface area (Å²) in [6, 6.07) is 8.07. The summed E-state index contributed by atoms with van der Waals surface area (Å²) in [5.74, 6) is -5.87. The number of fused-ring (bicyclic) bond motifs is 5. The Morgan fingerprint density at radius 1 is 1.09 bits per heavy atom. The molecule has 3 aromatic rings. The summed E-state index contributed by atoms with van der Waals surface area (Å²) in [5, 5.41) is 16.0. The normalized spacial score (nSPS) is 26.0. The van der Waals surface area contributed by atoms with E-state index in [9.17, 15) is 50.3 Å². The number of carbonyl (C=O) groups excluding carboxylic acids is 4. The number of benzene rings is 2. The highest BCUT2D eigenvalue weighted by molar-refractivity contribution is 7.91. The van der Waals surface area contributed by atoms with Crippen molar-refractivity contribution in [3.05, 3.63) is 60.4 Å². The Bertz CT molecular complexity index is 2220. The van der Waals surface area contributed by atoms with Crippen LogP contribution in [0.1, 0.15) is 72.1 Å². The number of sulfonamides is 1. The Hall–Kier alpha value is -4.84. The van der Waals surface area contributed by atoms with Gasteiger partial charge in [0.15, 0.2) is 0 Å². The van der Waals surface area contributed by atoms with Crippen LogP contribution < -0.4 is 20.1 Å². The Labute approximate surface area is 326 Å². The number of aliphatic hydroxyl groups is 1. The van der Waals surface area contributed by atoms with E-state index in [-0.39, 0.29) is 44.5 Å². The van der Waals surface area contributed by atoms with E-state index in [0.29, 0.717) is 40.9 Å². The highest BCUT2D eigenvalue weighted by Gasteiger charge is 2.62. The fraction of sp³-hybridized carbons (Fsp3) is 0.513. The van der Waals surface area contributed by atoms with Crippen LogP contribution in [0.25, 0.3) is 21.7 Å². The van der Waals surface area contributed by atoms with Crippen LogP contribution in [0.5, 0.6) is 5.88 Å². The Morgan fingerprint density at radius 2 is 1.82 bits per heavy atom. The molecule has 0 spiro atoms. The van der Waals surface area contributed by atoms with Crippen molar-refractivity contribution in [2.75, 3.05) is 6.54 Å². The predicted molar refractivity (Wildman–Crippen MR) is 200 cm³/mol. The summed E-state index contributed by atoms with van der Waals surface area (Å²) in [6.45, 7) is 4.20. The second kappa shape index (κ2) is 15.8. The molecule has 13 nitrogen and oxygen atoms in total. The van der Waals surface area contributed by atoms with Gasteiger partial charge >= 0.3 is 6.18 Å². The maximum Gasteiger partial charge on any atom is 0.423 e. The molecule has 1 saturated carbocycles. The number of hydrogen-bond donors (Lipinski definition) is 4. The molecule has 2 fully saturated rings. The van der Waals surface area contributed by atoms with Crippen molar-refractivity contribution < 1.29 is 55.0 Å². The van der Waals surface area contributed by atoms with Crippen molar-refractivity contribution in [2.24, 2.45) is 5.92 Å². The molecule has 4 amide bonds. The van der Waals surface area contributed by atoms with Gasteiger partial charge in [-0.05, 0) is 69.5 Å². The van der Waals surface area contributed by atoms with Gasteiger partial charge in [-0.2, -0.15) is 13.2 Å². The number of ether oxygens (including phenoxy) is 1. The molecule has 57 heavy (non-hydrogen) atoms. The zero-order valence-corrected chi connectivity index (χ0v) is 32.4. The number of para-hydroxylation sites is 1. The molecule has 0 bridgehead atoms. The number of aliphatic hydroxyl groups excluding tert-OH is 1.